The molecule has 0 aromatic rings. The van der Waals surface area contributed by atoms with Gasteiger partial charge in [0.1, 0.15) is 0 Å². The Labute approximate surface area is 108 Å². The van der Waals surface area contributed by atoms with E-state index in [0.29, 0.717) is 0 Å². The van der Waals surface area contributed by atoms with Crippen LogP contribution in [0.4, 0.5) is 0 Å². The van der Waals surface area contributed by atoms with Crippen LogP contribution in [-0.4, -0.2) is 30.6 Å². The van der Waals surface area contributed by atoms with Crippen LogP contribution in [0.15, 0.2) is 0 Å². The highest BCUT2D eigenvalue weighted by Crippen LogP contribution is 2.21. The Balaban J connectivity index is 2.07. The zero-order valence-corrected chi connectivity index (χ0v) is 12.0. The smallest absolute Gasteiger partial charge is 0.00671 e. The van der Waals surface area contributed by atoms with Gasteiger partial charge >= 0.3 is 0 Å². The van der Waals surface area contributed by atoms with Crippen molar-refractivity contribution in [2.45, 2.75) is 71.3 Å². The predicted molar refractivity (Wildman–Crippen MR) is 76.2 cm³/mol. The molecule has 2 nitrogen and oxygen atoms in total. The first-order valence-electron chi connectivity index (χ1n) is 7.72. The fraction of sp³-hybridized carbons (Fsp3) is 1.00. The van der Waals surface area contributed by atoms with E-state index in [0.717, 1.165) is 18.5 Å². The van der Waals surface area contributed by atoms with Crippen molar-refractivity contribution in [2.75, 3.05) is 19.6 Å². The molecule has 2 N–H and O–H groups in total. The molecular formula is C15H32N2. The van der Waals surface area contributed by atoms with Crippen LogP contribution in [0.25, 0.3) is 0 Å². The Kier molecular flexibility index (Phi) is 7.87. The van der Waals surface area contributed by atoms with Gasteiger partial charge in [-0.05, 0) is 45.2 Å². The Morgan fingerprint density at radius 1 is 1.06 bits per heavy atom. The van der Waals surface area contributed by atoms with Crippen LogP contribution in [-0.2, 0) is 0 Å². The number of hydrogen-bond donors (Lipinski definition) is 1. The fourth-order valence-corrected chi connectivity index (χ4v) is 2.86. The standard InChI is InChI=1S/C15H32N2/c1-3-4-5-6-7-8-11-17-13-15(12-16)10-9-14(17)2/h14-15H,3-13,16H2,1-2H3. The third-order valence-corrected chi connectivity index (χ3v) is 4.24. The van der Waals surface area contributed by atoms with Gasteiger partial charge in [0.2, 0.25) is 0 Å². The second-order valence-corrected chi connectivity index (χ2v) is 5.79. The van der Waals surface area contributed by atoms with Crippen LogP contribution in [0.3, 0.4) is 0 Å². The number of hydrogen-bond acceptors (Lipinski definition) is 2. The Bertz CT molecular complexity index is 182. The van der Waals surface area contributed by atoms with Gasteiger partial charge < -0.3 is 10.6 Å². The van der Waals surface area contributed by atoms with Crippen LogP contribution < -0.4 is 5.73 Å². The number of rotatable bonds is 8. The van der Waals surface area contributed by atoms with Crippen LogP contribution in [0.2, 0.25) is 0 Å². The van der Waals surface area contributed by atoms with E-state index in [4.69, 9.17) is 5.73 Å². The van der Waals surface area contributed by atoms with E-state index in [1.807, 2.05) is 0 Å². The molecule has 0 amide bonds. The molecule has 0 aromatic carbocycles. The van der Waals surface area contributed by atoms with Crippen LogP contribution in [0, 0.1) is 5.92 Å². The minimum Gasteiger partial charge on any atom is -0.330 e. The van der Waals surface area contributed by atoms with E-state index >= 15 is 0 Å². The van der Waals surface area contributed by atoms with E-state index < -0.39 is 0 Å². The zero-order valence-electron chi connectivity index (χ0n) is 12.0. The van der Waals surface area contributed by atoms with Crippen LogP contribution in [0.1, 0.15) is 65.2 Å². The maximum Gasteiger partial charge on any atom is 0.00671 e. The number of piperidine rings is 1. The van der Waals surface area contributed by atoms with Crippen molar-refractivity contribution in [3.63, 3.8) is 0 Å². The van der Waals surface area contributed by atoms with Gasteiger partial charge in [-0.15, -0.1) is 0 Å². The number of nitrogens with zero attached hydrogens (tertiary/aromatic N) is 1. The highest BCUT2D eigenvalue weighted by Gasteiger charge is 2.23. The molecule has 0 saturated carbocycles. The molecule has 2 unspecified atom stereocenters. The molecule has 1 fully saturated rings. The second-order valence-electron chi connectivity index (χ2n) is 5.79. The van der Waals surface area contributed by atoms with Gasteiger partial charge in [0.05, 0.1) is 0 Å². The molecular weight excluding hydrogens is 208 g/mol. The Morgan fingerprint density at radius 3 is 2.47 bits per heavy atom. The van der Waals surface area contributed by atoms with Crippen molar-refractivity contribution in [1.29, 1.82) is 0 Å². The second kappa shape index (κ2) is 8.93. The molecule has 17 heavy (non-hydrogen) atoms. The summed E-state index contributed by atoms with van der Waals surface area (Å²) in [6.45, 7) is 8.07. The molecule has 1 rings (SSSR count). The third kappa shape index (κ3) is 5.87. The normalized spacial score (nSPS) is 26.3. The maximum atomic E-state index is 5.79. The third-order valence-electron chi connectivity index (χ3n) is 4.24. The molecule has 1 aliphatic heterocycles. The molecule has 102 valence electrons. The summed E-state index contributed by atoms with van der Waals surface area (Å²) in [5.74, 6) is 0.756. The van der Waals surface area contributed by atoms with Crippen molar-refractivity contribution in [1.82, 2.24) is 4.90 Å². The quantitative estimate of drug-likeness (QED) is 0.659. The van der Waals surface area contributed by atoms with Gasteiger partial charge in [0.15, 0.2) is 0 Å². The summed E-state index contributed by atoms with van der Waals surface area (Å²) >= 11 is 0. The molecule has 0 aromatic heterocycles. The van der Waals surface area contributed by atoms with Crippen molar-refractivity contribution in [3.8, 4) is 0 Å². The van der Waals surface area contributed by atoms with E-state index in [-0.39, 0.29) is 0 Å². The van der Waals surface area contributed by atoms with Crippen molar-refractivity contribution in [2.24, 2.45) is 11.7 Å². The van der Waals surface area contributed by atoms with Crippen molar-refractivity contribution >= 4 is 0 Å². The largest absolute Gasteiger partial charge is 0.330 e. The maximum absolute atomic E-state index is 5.79. The number of unbranched alkanes of at least 4 members (excludes halogenated alkanes) is 5. The summed E-state index contributed by atoms with van der Waals surface area (Å²) in [4.78, 5) is 2.67. The topological polar surface area (TPSA) is 29.3 Å². The molecule has 0 spiro atoms. The highest BCUT2D eigenvalue weighted by molar-refractivity contribution is 4.79. The monoisotopic (exact) mass is 240 g/mol. The lowest BCUT2D eigenvalue weighted by Crippen LogP contribution is -2.44. The SMILES string of the molecule is CCCCCCCCN1CC(CN)CCC1C. The molecule has 1 saturated heterocycles. The predicted octanol–water partition coefficient (Wildman–Crippen LogP) is 3.41. The lowest BCUT2D eigenvalue weighted by Gasteiger charge is -2.37. The van der Waals surface area contributed by atoms with Gasteiger partial charge in [-0.2, -0.15) is 0 Å². The van der Waals surface area contributed by atoms with Gasteiger partial charge in [0.25, 0.3) is 0 Å². The first kappa shape index (κ1) is 15.0. The Morgan fingerprint density at radius 2 is 1.76 bits per heavy atom. The molecule has 1 aliphatic rings. The highest BCUT2D eigenvalue weighted by atomic mass is 15.2. The molecule has 2 heteroatoms. The minimum atomic E-state index is 0.756. The fourth-order valence-electron chi connectivity index (χ4n) is 2.86. The van der Waals surface area contributed by atoms with E-state index in [1.165, 1.54) is 64.5 Å². The lowest BCUT2D eigenvalue weighted by atomic mass is 9.93. The Hall–Kier alpha value is -0.0800. The molecule has 0 aliphatic carbocycles. The summed E-state index contributed by atoms with van der Waals surface area (Å²) in [7, 11) is 0. The first-order chi connectivity index (χ1) is 8.27. The van der Waals surface area contributed by atoms with Gasteiger partial charge in [0, 0.05) is 12.6 Å². The van der Waals surface area contributed by atoms with E-state index in [1.54, 1.807) is 0 Å². The van der Waals surface area contributed by atoms with Crippen LogP contribution in [0.5, 0.6) is 0 Å². The van der Waals surface area contributed by atoms with Gasteiger partial charge in [-0.1, -0.05) is 39.0 Å². The average molecular weight is 240 g/mol. The van der Waals surface area contributed by atoms with Crippen LogP contribution >= 0.6 is 0 Å². The summed E-state index contributed by atoms with van der Waals surface area (Å²) < 4.78 is 0. The van der Waals surface area contributed by atoms with E-state index in [9.17, 15) is 0 Å². The number of likely N-dealkylation sites (tertiary alicyclic amines) is 1. The average Bonchev–Trinajstić information content (AvgIpc) is 2.35. The number of nitrogens with two attached hydrogens (primary N) is 1. The summed E-state index contributed by atoms with van der Waals surface area (Å²) in [6, 6.07) is 0.786. The summed E-state index contributed by atoms with van der Waals surface area (Å²) in [5.41, 5.74) is 5.79. The van der Waals surface area contributed by atoms with Gasteiger partial charge in [-0.25, -0.2) is 0 Å². The molecule has 0 radical (unpaired) electrons. The van der Waals surface area contributed by atoms with Crippen molar-refractivity contribution < 1.29 is 0 Å². The molecule has 1 heterocycles. The summed E-state index contributed by atoms with van der Waals surface area (Å²) in [5, 5.41) is 0. The van der Waals surface area contributed by atoms with Gasteiger partial charge in [-0.3, -0.25) is 0 Å². The minimum absolute atomic E-state index is 0.756. The lowest BCUT2D eigenvalue weighted by molar-refractivity contribution is 0.118. The summed E-state index contributed by atoms with van der Waals surface area (Å²) in [6.07, 6.45) is 11.1. The van der Waals surface area contributed by atoms with E-state index in [2.05, 4.69) is 18.7 Å². The molecule has 0 bridgehead atoms. The van der Waals surface area contributed by atoms with Crippen molar-refractivity contribution in [3.05, 3.63) is 0 Å². The zero-order chi connectivity index (χ0) is 12.5. The first-order valence-corrected chi connectivity index (χ1v) is 7.72. The molecule has 2 atom stereocenters.